The van der Waals surface area contributed by atoms with E-state index < -0.39 is 0 Å². The van der Waals surface area contributed by atoms with Gasteiger partial charge in [0.15, 0.2) is 0 Å². The zero-order chi connectivity index (χ0) is 14.1. The molecule has 0 radical (unpaired) electrons. The van der Waals surface area contributed by atoms with Gasteiger partial charge >= 0.3 is 0 Å². The van der Waals surface area contributed by atoms with Gasteiger partial charge in [0.25, 0.3) is 0 Å². The Morgan fingerprint density at radius 2 is 1.68 bits per heavy atom. The van der Waals surface area contributed by atoms with Crippen LogP contribution in [0.25, 0.3) is 0 Å². The summed E-state index contributed by atoms with van der Waals surface area (Å²) < 4.78 is 0. The Hall–Kier alpha value is -1.84. The number of hydrogen-bond acceptors (Lipinski definition) is 2. The van der Waals surface area contributed by atoms with Crippen molar-refractivity contribution in [3.8, 4) is 0 Å². The fraction of sp³-hybridized carbons (Fsp3) is 0.467. The van der Waals surface area contributed by atoms with Gasteiger partial charge in [-0.2, -0.15) is 0 Å². The van der Waals surface area contributed by atoms with Crippen molar-refractivity contribution < 1.29 is 9.59 Å². The fourth-order valence-corrected chi connectivity index (χ4v) is 1.58. The lowest BCUT2D eigenvalue weighted by Crippen LogP contribution is -2.32. The van der Waals surface area contributed by atoms with Crippen molar-refractivity contribution in [1.29, 1.82) is 0 Å². The number of rotatable bonds is 7. The summed E-state index contributed by atoms with van der Waals surface area (Å²) in [4.78, 5) is 23.0. The molecule has 104 valence electrons. The predicted molar refractivity (Wildman–Crippen MR) is 75.6 cm³/mol. The monoisotopic (exact) mass is 262 g/mol. The summed E-state index contributed by atoms with van der Waals surface area (Å²) in [6, 6.07) is 7.94. The van der Waals surface area contributed by atoms with Gasteiger partial charge in [0.05, 0.1) is 0 Å². The van der Waals surface area contributed by atoms with Crippen LogP contribution >= 0.6 is 0 Å². The molecule has 0 fully saturated rings. The minimum atomic E-state index is -0.241. The maximum atomic E-state index is 11.6. The summed E-state index contributed by atoms with van der Waals surface area (Å²) in [5.41, 5.74) is 2.22. The Balaban J connectivity index is 2.24. The van der Waals surface area contributed by atoms with Crippen LogP contribution in [0.1, 0.15) is 37.3 Å². The molecule has 1 rings (SSSR count). The number of aryl methyl sites for hydroxylation is 1. The highest BCUT2D eigenvalue weighted by molar-refractivity contribution is 5.96. The zero-order valence-corrected chi connectivity index (χ0v) is 11.7. The summed E-state index contributed by atoms with van der Waals surface area (Å²) in [7, 11) is 0. The highest BCUT2D eigenvalue weighted by Gasteiger charge is 2.08. The zero-order valence-electron chi connectivity index (χ0n) is 11.7. The standard InChI is InChI=1S/C15H22N2O2/c1-3-4-9-16-14(18)10-15(19)17-11-13-7-5-12(2)6-8-13/h5-8H,3-4,9-11H2,1-2H3,(H,16,18)(H,17,19). The highest BCUT2D eigenvalue weighted by atomic mass is 16.2. The van der Waals surface area contributed by atoms with Crippen molar-refractivity contribution in [2.24, 2.45) is 0 Å². The van der Waals surface area contributed by atoms with Crippen LogP contribution in [-0.4, -0.2) is 18.4 Å². The highest BCUT2D eigenvalue weighted by Crippen LogP contribution is 2.02. The minimum absolute atomic E-state index is 0.102. The van der Waals surface area contributed by atoms with E-state index in [0.717, 1.165) is 18.4 Å². The van der Waals surface area contributed by atoms with Gasteiger partial charge in [-0.05, 0) is 18.9 Å². The number of nitrogens with one attached hydrogen (secondary N) is 2. The molecule has 0 atom stereocenters. The van der Waals surface area contributed by atoms with E-state index in [9.17, 15) is 9.59 Å². The van der Waals surface area contributed by atoms with Gasteiger partial charge in [-0.3, -0.25) is 9.59 Å². The lowest BCUT2D eigenvalue weighted by molar-refractivity contribution is -0.129. The second-order valence-corrected chi connectivity index (χ2v) is 4.64. The van der Waals surface area contributed by atoms with Gasteiger partial charge < -0.3 is 10.6 Å². The number of benzene rings is 1. The summed E-state index contributed by atoms with van der Waals surface area (Å²) in [5.74, 6) is -0.454. The van der Waals surface area contributed by atoms with Crippen LogP contribution in [0.4, 0.5) is 0 Å². The molecule has 4 heteroatoms. The third kappa shape index (κ3) is 6.60. The Bertz CT molecular complexity index is 413. The molecule has 0 bridgehead atoms. The first-order valence-corrected chi connectivity index (χ1v) is 6.70. The maximum Gasteiger partial charge on any atom is 0.229 e. The Labute approximate surface area is 114 Å². The molecule has 4 nitrogen and oxygen atoms in total. The maximum absolute atomic E-state index is 11.6. The van der Waals surface area contributed by atoms with Gasteiger partial charge in [0.2, 0.25) is 11.8 Å². The molecule has 1 aromatic rings. The van der Waals surface area contributed by atoms with Gasteiger partial charge in [0, 0.05) is 13.1 Å². The topological polar surface area (TPSA) is 58.2 Å². The van der Waals surface area contributed by atoms with Gasteiger partial charge in [0.1, 0.15) is 6.42 Å². The number of hydrogen-bond donors (Lipinski definition) is 2. The van der Waals surface area contributed by atoms with Crippen molar-refractivity contribution in [2.45, 2.75) is 39.7 Å². The molecule has 0 aliphatic carbocycles. The summed E-state index contributed by atoms with van der Waals surface area (Å²) in [5, 5.41) is 5.46. The third-order valence-corrected chi connectivity index (χ3v) is 2.78. The van der Waals surface area contributed by atoms with E-state index in [1.165, 1.54) is 5.56 Å². The summed E-state index contributed by atoms with van der Waals surface area (Å²) in [6.07, 6.45) is 1.87. The molecule has 0 saturated carbocycles. The average Bonchev–Trinajstić information content (AvgIpc) is 2.38. The van der Waals surface area contributed by atoms with E-state index in [0.29, 0.717) is 13.1 Å². The predicted octanol–water partition coefficient (Wildman–Crippen LogP) is 1.92. The van der Waals surface area contributed by atoms with E-state index in [2.05, 4.69) is 17.6 Å². The minimum Gasteiger partial charge on any atom is -0.356 e. The number of amides is 2. The Morgan fingerprint density at radius 3 is 2.32 bits per heavy atom. The molecule has 2 N–H and O–H groups in total. The Kier molecular flexibility index (Phi) is 6.64. The van der Waals surface area contributed by atoms with Crippen LogP contribution in [0.3, 0.4) is 0 Å². The molecule has 19 heavy (non-hydrogen) atoms. The number of carbonyl (C=O) groups excluding carboxylic acids is 2. The average molecular weight is 262 g/mol. The molecule has 0 saturated heterocycles. The molecular formula is C15H22N2O2. The van der Waals surface area contributed by atoms with E-state index in [4.69, 9.17) is 0 Å². The van der Waals surface area contributed by atoms with Crippen LogP contribution in [0, 0.1) is 6.92 Å². The normalized spacial score (nSPS) is 10.0. The summed E-state index contributed by atoms with van der Waals surface area (Å²) in [6.45, 7) is 5.17. The molecule has 0 aliphatic heterocycles. The third-order valence-electron chi connectivity index (χ3n) is 2.78. The van der Waals surface area contributed by atoms with E-state index >= 15 is 0 Å². The molecular weight excluding hydrogens is 240 g/mol. The molecule has 1 aromatic carbocycles. The Morgan fingerprint density at radius 1 is 1.05 bits per heavy atom. The van der Waals surface area contributed by atoms with Crippen molar-refractivity contribution in [3.05, 3.63) is 35.4 Å². The van der Waals surface area contributed by atoms with Crippen LogP contribution in [-0.2, 0) is 16.1 Å². The molecule has 2 amide bonds. The quantitative estimate of drug-likeness (QED) is 0.582. The largest absolute Gasteiger partial charge is 0.356 e. The van der Waals surface area contributed by atoms with Crippen LogP contribution < -0.4 is 10.6 Å². The fourth-order valence-electron chi connectivity index (χ4n) is 1.58. The first kappa shape index (κ1) is 15.2. The molecule has 0 aliphatic rings. The van der Waals surface area contributed by atoms with Crippen molar-refractivity contribution in [1.82, 2.24) is 10.6 Å². The second-order valence-electron chi connectivity index (χ2n) is 4.64. The van der Waals surface area contributed by atoms with Crippen LogP contribution in [0.2, 0.25) is 0 Å². The molecule has 0 aromatic heterocycles. The number of carbonyl (C=O) groups is 2. The lowest BCUT2D eigenvalue weighted by atomic mass is 10.1. The first-order chi connectivity index (χ1) is 9.11. The second kappa shape index (κ2) is 8.29. The first-order valence-electron chi connectivity index (χ1n) is 6.70. The van der Waals surface area contributed by atoms with Crippen molar-refractivity contribution >= 4 is 11.8 Å². The van der Waals surface area contributed by atoms with Crippen LogP contribution in [0.5, 0.6) is 0 Å². The van der Waals surface area contributed by atoms with Gasteiger partial charge in [-0.15, -0.1) is 0 Å². The SMILES string of the molecule is CCCCNC(=O)CC(=O)NCc1ccc(C)cc1. The molecule has 0 unspecified atom stereocenters. The summed E-state index contributed by atoms with van der Waals surface area (Å²) >= 11 is 0. The van der Waals surface area contributed by atoms with Gasteiger partial charge in [-0.1, -0.05) is 43.2 Å². The number of unbranched alkanes of at least 4 members (excludes halogenated alkanes) is 1. The smallest absolute Gasteiger partial charge is 0.229 e. The van der Waals surface area contributed by atoms with E-state index in [-0.39, 0.29) is 18.2 Å². The lowest BCUT2D eigenvalue weighted by Gasteiger charge is -2.06. The van der Waals surface area contributed by atoms with Crippen LogP contribution in [0.15, 0.2) is 24.3 Å². The van der Waals surface area contributed by atoms with E-state index in [1.54, 1.807) is 0 Å². The van der Waals surface area contributed by atoms with Crippen molar-refractivity contribution in [3.63, 3.8) is 0 Å². The van der Waals surface area contributed by atoms with E-state index in [1.807, 2.05) is 31.2 Å². The molecule has 0 heterocycles. The van der Waals surface area contributed by atoms with Crippen molar-refractivity contribution in [2.75, 3.05) is 6.54 Å². The van der Waals surface area contributed by atoms with Gasteiger partial charge in [-0.25, -0.2) is 0 Å². The molecule has 0 spiro atoms.